The molecule has 2 aromatic carbocycles. The van der Waals surface area contributed by atoms with Gasteiger partial charge in [-0.1, -0.05) is 42.1 Å². The van der Waals surface area contributed by atoms with Crippen LogP contribution in [0.5, 0.6) is 0 Å². The maximum Gasteiger partial charge on any atom is 0.234 e. The lowest BCUT2D eigenvalue weighted by Crippen LogP contribution is -2.15. The van der Waals surface area contributed by atoms with Crippen molar-refractivity contribution in [3.8, 4) is 5.69 Å². The van der Waals surface area contributed by atoms with E-state index in [1.807, 2.05) is 66.9 Å². The summed E-state index contributed by atoms with van der Waals surface area (Å²) in [6.07, 6.45) is 0. The van der Waals surface area contributed by atoms with Crippen LogP contribution >= 0.6 is 34.4 Å². The number of benzene rings is 2. The monoisotopic (exact) mass is 464 g/mol. The molecule has 3 aromatic rings. The summed E-state index contributed by atoms with van der Waals surface area (Å²) >= 11 is 3.59. The third-order valence-electron chi connectivity index (χ3n) is 3.63. The van der Waals surface area contributed by atoms with E-state index in [0.717, 1.165) is 26.3 Å². The van der Waals surface area contributed by atoms with Gasteiger partial charge in [-0.05, 0) is 60.2 Å². The highest BCUT2D eigenvalue weighted by atomic mass is 127. The molecule has 7 heteroatoms. The van der Waals surface area contributed by atoms with Crippen molar-refractivity contribution in [1.29, 1.82) is 0 Å². The SMILES string of the molecule is Cc1ccccc1-n1c(C)nnc1SCC(=O)Nc1ccccc1I. The normalized spacial score (nSPS) is 10.7. The summed E-state index contributed by atoms with van der Waals surface area (Å²) in [5.74, 6) is 1.01. The Labute approximate surface area is 164 Å². The van der Waals surface area contributed by atoms with E-state index in [1.165, 1.54) is 11.8 Å². The molecule has 1 N–H and O–H groups in total. The summed E-state index contributed by atoms with van der Waals surface area (Å²) in [4.78, 5) is 12.3. The molecule has 1 amide bonds. The van der Waals surface area contributed by atoms with Crippen molar-refractivity contribution in [2.45, 2.75) is 19.0 Å². The predicted molar refractivity (Wildman–Crippen MR) is 109 cm³/mol. The second-order valence-electron chi connectivity index (χ2n) is 5.47. The minimum Gasteiger partial charge on any atom is -0.324 e. The second kappa shape index (κ2) is 8.01. The van der Waals surface area contributed by atoms with Gasteiger partial charge in [0.1, 0.15) is 5.82 Å². The lowest BCUT2D eigenvalue weighted by atomic mass is 10.2. The zero-order valence-corrected chi connectivity index (χ0v) is 16.8. The van der Waals surface area contributed by atoms with E-state index in [4.69, 9.17) is 0 Å². The Hall–Kier alpha value is -1.87. The number of anilines is 1. The van der Waals surface area contributed by atoms with Gasteiger partial charge in [-0.15, -0.1) is 10.2 Å². The fourth-order valence-electron chi connectivity index (χ4n) is 2.41. The van der Waals surface area contributed by atoms with Gasteiger partial charge in [0.2, 0.25) is 5.91 Å². The Morgan fingerprint density at radius 2 is 1.84 bits per heavy atom. The van der Waals surface area contributed by atoms with Crippen molar-refractivity contribution in [3.05, 3.63) is 63.5 Å². The Bertz CT molecular complexity index is 910. The van der Waals surface area contributed by atoms with Gasteiger partial charge in [0.25, 0.3) is 0 Å². The molecule has 0 fully saturated rings. The summed E-state index contributed by atoms with van der Waals surface area (Å²) in [7, 11) is 0. The highest BCUT2D eigenvalue weighted by molar-refractivity contribution is 14.1. The second-order valence-corrected chi connectivity index (χ2v) is 7.57. The lowest BCUT2D eigenvalue weighted by molar-refractivity contribution is -0.113. The third-order valence-corrected chi connectivity index (χ3v) is 5.50. The van der Waals surface area contributed by atoms with Crippen LogP contribution in [-0.2, 0) is 4.79 Å². The number of carbonyl (C=O) groups excluding carboxylic acids is 1. The smallest absolute Gasteiger partial charge is 0.234 e. The zero-order valence-electron chi connectivity index (χ0n) is 13.9. The van der Waals surface area contributed by atoms with Crippen molar-refractivity contribution < 1.29 is 4.79 Å². The van der Waals surface area contributed by atoms with Gasteiger partial charge >= 0.3 is 0 Å². The van der Waals surface area contributed by atoms with Gasteiger partial charge in [0, 0.05) is 3.57 Å². The van der Waals surface area contributed by atoms with E-state index in [-0.39, 0.29) is 11.7 Å². The van der Waals surface area contributed by atoms with Crippen LogP contribution in [0, 0.1) is 17.4 Å². The van der Waals surface area contributed by atoms with E-state index < -0.39 is 0 Å². The molecule has 0 aliphatic heterocycles. The van der Waals surface area contributed by atoms with Crippen LogP contribution in [0.2, 0.25) is 0 Å². The number of aryl methyl sites for hydroxylation is 2. The third kappa shape index (κ3) is 4.21. The molecule has 0 atom stereocenters. The minimum atomic E-state index is -0.0638. The van der Waals surface area contributed by atoms with E-state index in [2.05, 4.69) is 38.1 Å². The molecule has 1 heterocycles. The molecular weight excluding hydrogens is 447 g/mol. The first-order valence-electron chi connectivity index (χ1n) is 7.71. The summed E-state index contributed by atoms with van der Waals surface area (Å²) in [5, 5.41) is 12.0. The van der Waals surface area contributed by atoms with Gasteiger partial charge in [-0.3, -0.25) is 9.36 Å². The van der Waals surface area contributed by atoms with Crippen LogP contribution in [0.15, 0.2) is 53.7 Å². The van der Waals surface area contributed by atoms with Crippen LogP contribution in [0.4, 0.5) is 5.69 Å². The largest absolute Gasteiger partial charge is 0.324 e. The van der Waals surface area contributed by atoms with Crippen molar-refractivity contribution >= 4 is 45.9 Å². The number of rotatable bonds is 5. The molecule has 0 saturated carbocycles. The average molecular weight is 464 g/mol. The molecule has 0 saturated heterocycles. The summed E-state index contributed by atoms with van der Waals surface area (Å²) in [5.41, 5.74) is 2.99. The number of nitrogens with one attached hydrogen (secondary N) is 1. The number of amides is 1. The number of nitrogens with zero attached hydrogens (tertiary/aromatic N) is 3. The van der Waals surface area contributed by atoms with Gasteiger partial charge in [0.05, 0.1) is 17.1 Å². The Morgan fingerprint density at radius 1 is 1.12 bits per heavy atom. The molecule has 0 aliphatic rings. The summed E-state index contributed by atoms with van der Waals surface area (Å²) in [6, 6.07) is 15.8. The Kier molecular flexibility index (Phi) is 5.74. The first kappa shape index (κ1) is 17.9. The molecule has 0 aliphatic carbocycles. The number of halogens is 1. The van der Waals surface area contributed by atoms with E-state index in [1.54, 1.807) is 0 Å². The predicted octanol–water partition coefficient (Wildman–Crippen LogP) is 4.22. The summed E-state index contributed by atoms with van der Waals surface area (Å²) < 4.78 is 3.00. The number of thioether (sulfide) groups is 1. The van der Waals surface area contributed by atoms with Crippen LogP contribution < -0.4 is 5.32 Å². The first-order chi connectivity index (χ1) is 12.1. The molecule has 0 unspecified atom stereocenters. The fourth-order valence-corrected chi connectivity index (χ4v) is 3.72. The van der Waals surface area contributed by atoms with Crippen molar-refractivity contribution in [1.82, 2.24) is 14.8 Å². The maximum absolute atomic E-state index is 12.3. The molecule has 0 radical (unpaired) electrons. The minimum absolute atomic E-state index is 0.0638. The number of hydrogen-bond acceptors (Lipinski definition) is 4. The fraction of sp³-hybridized carbons (Fsp3) is 0.167. The van der Waals surface area contributed by atoms with Gasteiger partial charge in [0.15, 0.2) is 5.16 Å². The quantitative estimate of drug-likeness (QED) is 0.454. The Balaban J connectivity index is 1.73. The molecule has 5 nitrogen and oxygen atoms in total. The molecule has 1 aromatic heterocycles. The van der Waals surface area contributed by atoms with Crippen LogP contribution in [0.25, 0.3) is 5.69 Å². The first-order valence-corrected chi connectivity index (χ1v) is 9.78. The van der Waals surface area contributed by atoms with Crippen LogP contribution in [0.3, 0.4) is 0 Å². The van der Waals surface area contributed by atoms with Crippen molar-refractivity contribution in [2.75, 3.05) is 11.1 Å². The molecule has 128 valence electrons. The van der Waals surface area contributed by atoms with Gasteiger partial charge in [-0.25, -0.2) is 0 Å². The van der Waals surface area contributed by atoms with Crippen LogP contribution in [-0.4, -0.2) is 26.4 Å². The highest BCUT2D eigenvalue weighted by Crippen LogP contribution is 2.24. The summed E-state index contributed by atoms with van der Waals surface area (Å²) in [6.45, 7) is 3.96. The number of aromatic nitrogens is 3. The van der Waals surface area contributed by atoms with Crippen molar-refractivity contribution in [2.24, 2.45) is 0 Å². The maximum atomic E-state index is 12.3. The lowest BCUT2D eigenvalue weighted by Gasteiger charge is -2.11. The topological polar surface area (TPSA) is 59.8 Å². The van der Waals surface area contributed by atoms with Gasteiger partial charge in [-0.2, -0.15) is 0 Å². The Morgan fingerprint density at radius 3 is 2.60 bits per heavy atom. The molecule has 0 spiro atoms. The standard InChI is InChI=1S/C18H17IN4OS/c1-12-7-3-6-10-16(12)23-13(2)21-22-18(23)25-11-17(24)20-15-9-5-4-8-14(15)19/h3-10H,11H2,1-2H3,(H,20,24). The molecule has 3 rings (SSSR count). The molecular formula is C18H17IN4OS. The van der Waals surface area contributed by atoms with Gasteiger partial charge < -0.3 is 5.32 Å². The number of carbonyl (C=O) groups is 1. The number of para-hydroxylation sites is 2. The van der Waals surface area contributed by atoms with E-state index in [9.17, 15) is 4.79 Å². The average Bonchev–Trinajstić information content (AvgIpc) is 2.96. The number of hydrogen-bond donors (Lipinski definition) is 1. The molecule has 25 heavy (non-hydrogen) atoms. The molecule has 0 bridgehead atoms. The van der Waals surface area contributed by atoms with Crippen LogP contribution in [0.1, 0.15) is 11.4 Å². The van der Waals surface area contributed by atoms with E-state index in [0.29, 0.717) is 5.16 Å². The van der Waals surface area contributed by atoms with E-state index >= 15 is 0 Å². The van der Waals surface area contributed by atoms with Crippen molar-refractivity contribution in [3.63, 3.8) is 0 Å². The zero-order chi connectivity index (χ0) is 17.8. The highest BCUT2D eigenvalue weighted by Gasteiger charge is 2.15.